The molecule has 3 aromatic rings. The highest BCUT2D eigenvalue weighted by atomic mass is 16.5. The van der Waals surface area contributed by atoms with Crippen LogP contribution in [0.1, 0.15) is 47.2 Å². The molecule has 0 saturated heterocycles. The van der Waals surface area contributed by atoms with Gasteiger partial charge in [0.05, 0.1) is 18.3 Å². The van der Waals surface area contributed by atoms with Crippen LogP contribution in [0.4, 0.5) is 0 Å². The molecule has 30 heavy (non-hydrogen) atoms. The molecule has 1 heterocycles. The number of furan rings is 1. The predicted molar refractivity (Wildman–Crippen MR) is 116 cm³/mol. The summed E-state index contributed by atoms with van der Waals surface area (Å²) in [5.74, 6) is 1.47. The van der Waals surface area contributed by atoms with E-state index in [-0.39, 0.29) is 17.9 Å². The van der Waals surface area contributed by atoms with E-state index >= 15 is 0 Å². The number of allylic oxidation sites excluding steroid dienone is 1. The van der Waals surface area contributed by atoms with Gasteiger partial charge in [-0.1, -0.05) is 12.1 Å². The van der Waals surface area contributed by atoms with Gasteiger partial charge < -0.3 is 13.9 Å². The molecule has 0 fully saturated rings. The first-order valence-electron chi connectivity index (χ1n) is 9.83. The van der Waals surface area contributed by atoms with Crippen molar-refractivity contribution in [2.24, 2.45) is 0 Å². The average Bonchev–Trinajstić information content (AvgIpc) is 3.21. The molecule has 3 rings (SSSR count). The van der Waals surface area contributed by atoms with E-state index in [1.807, 2.05) is 19.9 Å². The van der Waals surface area contributed by atoms with E-state index in [2.05, 4.69) is 0 Å². The normalized spacial score (nSPS) is 11.1. The Kier molecular flexibility index (Phi) is 6.86. The molecule has 0 aliphatic carbocycles. The summed E-state index contributed by atoms with van der Waals surface area (Å²) in [7, 11) is 0. The lowest BCUT2D eigenvalue weighted by atomic mass is 10.1. The Morgan fingerprint density at radius 3 is 2.23 bits per heavy atom. The van der Waals surface area contributed by atoms with Crippen LogP contribution in [0.2, 0.25) is 0 Å². The Labute approximate surface area is 175 Å². The van der Waals surface area contributed by atoms with Crippen molar-refractivity contribution in [1.82, 2.24) is 0 Å². The quantitative estimate of drug-likeness (QED) is 0.269. The van der Waals surface area contributed by atoms with Gasteiger partial charge >= 0.3 is 5.97 Å². The van der Waals surface area contributed by atoms with Gasteiger partial charge in [0.1, 0.15) is 17.3 Å². The molecular formula is C25H24O5. The molecule has 0 N–H and O–H groups in total. The number of hydrogen-bond donors (Lipinski definition) is 0. The third kappa shape index (κ3) is 5.47. The third-order valence-corrected chi connectivity index (χ3v) is 4.22. The molecule has 0 saturated carbocycles. The lowest BCUT2D eigenvalue weighted by molar-refractivity contribution is 0.0526. The fraction of sp³-hybridized carbons (Fsp3) is 0.200. The van der Waals surface area contributed by atoms with Gasteiger partial charge in [-0.2, -0.15) is 0 Å². The van der Waals surface area contributed by atoms with Crippen LogP contribution in [0.5, 0.6) is 5.75 Å². The average molecular weight is 404 g/mol. The minimum Gasteiger partial charge on any atom is -0.491 e. The first-order chi connectivity index (χ1) is 14.5. The molecule has 0 bridgehead atoms. The summed E-state index contributed by atoms with van der Waals surface area (Å²) in [5.41, 5.74) is 1.89. The van der Waals surface area contributed by atoms with Gasteiger partial charge in [-0.25, -0.2) is 4.79 Å². The highest BCUT2D eigenvalue weighted by Gasteiger charge is 2.09. The second-order valence-corrected chi connectivity index (χ2v) is 6.89. The SMILES string of the molecule is CCOC(=O)c1ccc(-c2ccc(/C=C/C(=O)c3ccc(OC(C)C)cc3)o2)cc1. The maximum atomic E-state index is 12.4. The van der Waals surface area contributed by atoms with Gasteiger partial charge in [0.25, 0.3) is 0 Å². The van der Waals surface area contributed by atoms with Crippen molar-refractivity contribution >= 4 is 17.8 Å². The van der Waals surface area contributed by atoms with Crippen LogP contribution in [-0.4, -0.2) is 24.5 Å². The number of carbonyl (C=O) groups excluding carboxylic acids is 2. The van der Waals surface area contributed by atoms with E-state index in [0.717, 1.165) is 11.3 Å². The molecule has 0 spiro atoms. The monoisotopic (exact) mass is 404 g/mol. The van der Waals surface area contributed by atoms with E-state index in [1.165, 1.54) is 6.08 Å². The standard InChI is InChI=1S/C25H24O5/c1-4-28-25(27)20-7-5-19(6-8-20)24-16-14-22(30-24)13-15-23(26)18-9-11-21(12-10-18)29-17(2)3/h5-17H,4H2,1-3H3/b15-13+. The number of rotatable bonds is 8. The molecule has 0 unspecified atom stereocenters. The molecule has 0 aliphatic rings. The van der Waals surface area contributed by atoms with Crippen LogP contribution < -0.4 is 4.74 Å². The molecule has 5 heteroatoms. The van der Waals surface area contributed by atoms with E-state index in [1.54, 1.807) is 67.6 Å². The maximum Gasteiger partial charge on any atom is 0.338 e. The van der Waals surface area contributed by atoms with Crippen molar-refractivity contribution in [3.05, 3.63) is 83.6 Å². The molecule has 0 radical (unpaired) electrons. The lowest BCUT2D eigenvalue weighted by Gasteiger charge is -2.09. The largest absolute Gasteiger partial charge is 0.491 e. The van der Waals surface area contributed by atoms with Crippen LogP contribution in [0.3, 0.4) is 0 Å². The van der Waals surface area contributed by atoms with Gasteiger partial charge in [0, 0.05) is 11.1 Å². The van der Waals surface area contributed by atoms with Crippen LogP contribution in [0.25, 0.3) is 17.4 Å². The van der Waals surface area contributed by atoms with Crippen LogP contribution in [0.15, 0.2) is 71.2 Å². The second kappa shape index (κ2) is 9.74. The topological polar surface area (TPSA) is 65.7 Å². The zero-order valence-electron chi connectivity index (χ0n) is 17.3. The number of hydrogen-bond acceptors (Lipinski definition) is 5. The summed E-state index contributed by atoms with van der Waals surface area (Å²) in [5, 5.41) is 0. The molecule has 154 valence electrons. The van der Waals surface area contributed by atoms with Gasteiger partial charge in [-0.05, 0) is 81.5 Å². The van der Waals surface area contributed by atoms with E-state index in [9.17, 15) is 9.59 Å². The molecule has 0 amide bonds. The maximum absolute atomic E-state index is 12.4. The number of ether oxygens (including phenoxy) is 2. The smallest absolute Gasteiger partial charge is 0.338 e. The fourth-order valence-corrected chi connectivity index (χ4v) is 2.81. The summed E-state index contributed by atoms with van der Waals surface area (Å²) >= 11 is 0. The van der Waals surface area contributed by atoms with Crippen LogP contribution >= 0.6 is 0 Å². The number of esters is 1. The molecular weight excluding hydrogens is 380 g/mol. The van der Waals surface area contributed by atoms with Gasteiger partial charge in [-0.15, -0.1) is 0 Å². The van der Waals surface area contributed by atoms with E-state index in [4.69, 9.17) is 13.9 Å². The van der Waals surface area contributed by atoms with E-state index < -0.39 is 0 Å². The second-order valence-electron chi connectivity index (χ2n) is 6.89. The molecule has 0 aliphatic heterocycles. The van der Waals surface area contributed by atoms with Crippen LogP contribution in [0, 0.1) is 0 Å². The first kappa shape index (κ1) is 21.1. The van der Waals surface area contributed by atoms with Gasteiger partial charge in [0.2, 0.25) is 0 Å². The zero-order chi connectivity index (χ0) is 21.5. The number of benzene rings is 2. The Morgan fingerprint density at radius 1 is 0.933 bits per heavy atom. The minimum atomic E-state index is -0.352. The third-order valence-electron chi connectivity index (χ3n) is 4.22. The number of carbonyl (C=O) groups is 2. The Balaban J connectivity index is 1.65. The van der Waals surface area contributed by atoms with Crippen molar-refractivity contribution < 1.29 is 23.5 Å². The number of ketones is 1. The van der Waals surface area contributed by atoms with Gasteiger partial charge in [-0.3, -0.25) is 4.79 Å². The minimum absolute atomic E-state index is 0.0842. The fourth-order valence-electron chi connectivity index (χ4n) is 2.81. The Morgan fingerprint density at radius 2 is 1.60 bits per heavy atom. The van der Waals surface area contributed by atoms with Crippen molar-refractivity contribution in [3.63, 3.8) is 0 Å². The van der Waals surface area contributed by atoms with Gasteiger partial charge in [0.15, 0.2) is 5.78 Å². The van der Waals surface area contributed by atoms with Crippen molar-refractivity contribution in [3.8, 4) is 17.1 Å². The molecule has 1 aromatic heterocycles. The molecule has 2 aromatic carbocycles. The van der Waals surface area contributed by atoms with Crippen LogP contribution in [-0.2, 0) is 4.74 Å². The highest BCUT2D eigenvalue weighted by molar-refractivity contribution is 6.06. The summed E-state index contributed by atoms with van der Waals surface area (Å²) < 4.78 is 16.4. The van der Waals surface area contributed by atoms with Crippen molar-refractivity contribution in [1.29, 1.82) is 0 Å². The summed E-state index contributed by atoms with van der Waals surface area (Å²) in [6, 6.07) is 17.6. The summed E-state index contributed by atoms with van der Waals surface area (Å²) in [4.78, 5) is 24.1. The lowest BCUT2D eigenvalue weighted by Crippen LogP contribution is -2.05. The van der Waals surface area contributed by atoms with Crippen molar-refractivity contribution in [2.45, 2.75) is 26.9 Å². The molecule has 5 nitrogen and oxygen atoms in total. The zero-order valence-corrected chi connectivity index (χ0v) is 17.3. The van der Waals surface area contributed by atoms with E-state index in [0.29, 0.717) is 29.3 Å². The predicted octanol–water partition coefficient (Wildman–Crippen LogP) is 5.81. The summed E-state index contributed by atoms with van der Waals surface area (Å²) in [6.07, 6.45) is 3.20. The highest BCUT2D eigenvalue weighted by Crippen LogP contribution is 2.24. The van der Waals surface area contributed by atoms with Crippen molar-refractivity contribution in [2.75, 3.05) is 6.61 Å². The Bertz CT molecular complexity index is 1020. The molecule has 0 atom stereocenters. The summed E-state index contributed by atoms with van der Waals surface area (Å²) in [6.45, 7) is 6.01. The first-order valence-corrected chi connectivity index (χ1v) is 9.83. The Hall–Kier alpha value is -3.60.